The summed E-state index contributed by atoms with van der Waals surface area (Å²) in [5.41, 5.74) is 0.262. The van der Waals surface area contributed by atoms with Crippen LogP contribution in [0.15, 0.2) is 16.6 Å². The van der Waals surface area contributed by atoms with Gasteiger partial charge in [-0.2, -0.15) is 12.6 Å². The van der Waals surface area contributed by atoms with Gasteiger partial charge in [0.25, 0.3) is 0 Å². The molecule has 0 spiro atoms. The molecule has 92 valence electrons. The zero-order valence-corrected chi connectivity index (χ0v) is 11.3. The second-order valence-electron chi connectivity index (χ2n) is 3.98. The standard InChI is InChI=1S/C11H10BrF2NOS/c12-11-8(13)2-7(3-9(11)14)15-4-6(5-17)1-10(15)16/h2-3,6,17H,1,4-5H2. The predicted octanol–water partition coefficient (Wildman–Crippen LogP) is 3.01. The molecule has 2 nitrogen and oxygen atoms in total. The molecule has 17 heavy (non-hydrogen) atoms. The van der Waals surface area contributed by atoms with Crippen LogP contribution in [0.4, 0.5) is 14.5 Å². The minimum absolute atomic E-state index is 0.120. The summed E-state index contributed by atoms with van der Waals surface area (Å²) >= 11 is 6.93. The highest BCUT2D eigenvalue weighted by Crippen LogP contribution is 2.30. The monoisotopic (exact) mass is 321 g/mol. The Hall–Kier alpha value is -0.620. The summed E-state index contributed by atoms with van der Waals surface area (Å²) in [5, 5.41) is 0. The van der Waals surface area contributed by atoms with Crippen molar-refractivity contribution in [1.82, 2.24) is 0 Å². The van der Waals surface area contributed by atoms with E-state index in [9.17, 15) is 13.6 Å². The van der Waals surface area contributed by atoms with Gasteiger partial charge in [0.2, 0.25) is 5.91 Å². The number of hydrogen-bond acceptors (Lipinski definition) is 2. The average molecular weight is 322 g/mol. The highest BCUT2D eigenvalue weighted by Gasteiger charge is 2.30. The number of benzene rings is 1. The van der Waals surface area contributed by atoms with Gasteiger partial charge in [0.05, 0.1) is 4.47 Å². The quantitative estimate of drug-likeness (QED) is 0.656. The van der Waals surface area contributed by atoms with Gasteiger partial charge in [-0.3, -0.25) is 4.79 Å². The molecular formula is C11H10BrF2NOS. The fourth-order valence-corrected chi connectivity index (χ4v) is 2.32. The van der Waals surface area contributed by atoms with Crippen LogP contribution in [0.3, 0.4) is 0 Å². The molecule has 1 heterocycles. The zero-order chi connectivity index (χ0) is 12.6. The SMILES string of the molecule is O=C1CC(CS)CN1c1cc(F)c(Br)c(F)c1. The highest BCUT2D eigenvalue weighted by molar-refractivity contribution is 9.10. The number of nitrogens with zero attached hydrogens (tertiary/aromatic N) is 1. The summed E-state index contributed by atoms with van der Waals surface area (Å²) in [7, 11) is 0. The molecule has 2 rings (SSSR count). The van der Waals surface area contributed by atoms with Gasteiger partial charge in [-0.25, -0.2) is 8.78 Å². The van der Waals surface area contributed by atoms with E-state index in [1.165, 1.54) is 4.90 Å². The number of carbonyl (C=O) groups is 1. The molecule has 6 heteroatoms. The van der Waals surface area contributed by atoms with E-state index >= 15 is 0 Å². The fraction of sp³-hybridized carbons (Fsp3) is 0.364. The minimum atomic E-state index is -0.706. The van der Waals surface area contributed by atoms with Crippen LogP contribution < -0.4 is 4.90 Å². The maximum Gasteiger partial charge on any atom is 0.227 e. The summed E-state index contributed by atoms with van der Waals surface area (Å²) in [4.78, 5) is 13.1. The molecule has 1 unspecified atom stereocenters. The lowest BCUT2D eigenvalue weighted by atomic mass is 10.1. The van der Waals surface area contributed by atoms with Crippen molar-refractivity contribution in [2.45, 2.75) is 6.42 Å². The van der Waals surface area contributed by atoms with Crippen molar-refractivity contribution in [1.29, 1.82) is 0 Å². The van der Waals surface area contributed by atoms with E-state index < -0.39 is 11.6 Å². The molecule has 0 aromatic heterocycles. The first-order valence-electron chi connectivity index (χ1n) is 5.08. The molecule has 0 aliphatic carbocycles. The van der Waals surface area contributed by atoms with E-state index in [4.69, 9.17) is 0 Å². The molecule has 1 amide bonds. The number of rotatable bonds is 2. The van der Waals surface area contributed by atoms with Crippen LogP contribution in [-0.4, -0.2) is 18.2 Å². The van der Waals surface area contributed by atoms with Crippen molar-refractivity contribution in [3.8, 4) is 0 Å². The number of carbonyl (C=O) groups excluding carboxylic acids is 1. The topological polar surface area (TPSA) is 20.3 Å². The van der Waals surface area contributed by atoms with E-state index in [0.717, 1.165) is 12.1 Å². The van der Waals surface area contributed by atoms with Gasteiger partial charge < -0.3 is 4.90 Å². The normalized spacial score (nSPS) is 20.1. The lowest BCUT2D eigenvalue weighted by molar-refractivity contribution is -0.117. The van der Waals surface area contributed by atoms with E-state index in [-0.39, 0.29) is 22.0 Å². The van der Waals surface area contributed by atoms with Crippen molar-refractivity contribution in [3.05, 3.63) is 28.2 Å². The lowest BCUT2D eigenvalue weighted by Crippen LogP contribution is -2.25. The van der Waals surface area contributed by atoms with Gasteiger partial charge in [0.15, 0.2) is 0 Å². The minimum Gasteiger partial charge on any atom is -0.312 e. The van der Waals surface area contributed by atoms with E-state index in [1.807, 2.05) is 0 Å². The van der Waals surface area contributed by atoms with Gasteiger partial charge in [-0.1, -0.05) is 0 Å². The first-order valence-corrected chi connectivity index (χ1v) is 6.51. The van der Waals surface area contributed by atoms with Crippen LogP contribution >= 0.6 is 28.6 Å². The molecule has 0 N–H and O–H groups in total. The third-order valence-corrected chi connectivity index (χ3v) is 4.02. The maximum absolute atomic E-state index is 13.4. The van der Waals surface area contributed by atoms with Crippen LogP contribution in [0.2, 0.25) is 0 Å². The predicted molar refractivity (Wildman–Crippen MR) is 68.4 cm³/mol. The third-order valence-electron chi connectivity index (χ3n) is 2.74. The maximum atomic E-state index is 13.4. The van der Waals surface area contributed by atoms with E-state index in [2.05, 4.69) is 28.6 Å². The third kappa shape index (κ3) is 2.47. The van der Waals surface area contributed by atoms with Crippen LogP contribution in [-0.2, 0) is 4.79 Å². The summed E-state index contributed by atoms with van der Waals surface area (Å²) in [6.45, 7) is 0.461. The van der Waals surface area contributed by atoms with Crippen LogP contribution in [0.5, 0.6) is 0 Å². The Morgan fingerprint density at radius 2 is 2.00 bits per heavy atom. The van der Waals surface area contributed by atoms with E-state index in [0.29, 0.717) is 18.7 Å². The van der Waals surface area contributed by atoms with Crippen molar-refractivity contribution in [2.75, 3.05) is 17.2 Å². The molecule has 0 radical (unpaired) electrons. The Labute approximate surface area is 112 Å². The molecule has 0 saturated carbocycles. The number of hydrogen-bond donors (Lipinski definition) is 1. The van der Waals surface area contributed by atoms with Crippen LogP contribution in [0.25, 0.3) is 0 Å². The van der Waals surface area contributed by atoms with Crippen molar-refractivity contribution < 1.29 is 13.6 Å². The zero-order valence-electron chi connectivity index (χ0n) is 8.79. The van der Waals surface area contributed by atoms with Crippen molar-refractivity contribution in [3.63, 3.8) is 0 Å². The van der Waals surface area contributed by atoms with Crippen molar-refractivity contribution >= 4 is 40.2 Å². The summed E-state index contributed by atoms with van der Waals surface area (Å²) in [5.74, 6) is -0.806. The summed E-state index contributed by atoms with van der Waals surface area (Å²) in [6, 6.07) is 2.32. The van der Waals surface area contributed by atoms with Gasteiger partial charge in [0.1, 0.15) is 11.6 Å². The second kappa shape index (κ2) is 4.94. The van der Waals surface area contributed by atoms with Gasteiger partial charge in [0, 0.05) is 18.7 Å². The Morgan fingerprint density at radius 3 is 2.47 bits per heavy atom. The lowest BCUT2D eigenvalue weighted by Gasteiger charge is -2.17. The largest absolute Gasteiger partial charge is 0.312 e. The first kappa shape index (κ1) is 12.8. The molecule has 1 aliphatic rings. The van der Waals surface area contributed by atoms with E-state index in [1.54, 1.807) is 0 Å². The smallest absolute Gasteiger partial charge is 0.227 e. The number of halogens is 3. The molecule has 1 aromatic carbocycles. The number of amides is 1. The number of anilines is 1. The molecular weight excluding hydrogens is 312 g/mol. The molecule has 1 saturated heterocycles. The number of thiol groups is 1. The van der Waals surface area contributed by atoms with Gasteiger partial charge in [-0.15, -0.1) is 0 Å². The highest BCUT2D eigenvalue weighted by atomic mass is 79.9. The molecule has 1 aliphatic heterocycles. The Kier molecular flexibility index (Phi) is 3.73. The Morgan fingerprint density at radius 1 is 1.41 bits per heavy atom. The molecule has 1 aromatic rings. The van der Waals surface area contributed by atoms with Crippen LogP contribution in [0, 0.1) is 17.6 Å². The first-order chi connectivity index (χ1) is 8.02. The average Bonchev–Trinajstić information content (AvgIpc) is 2.67. The Bertz CT molecular complexity index is 446. The van der Waals surface area contributed by atoms with Crippen molar-refractivity contribution in [2.24, 2.45) is 5.92 Å². The molecule has 1 atom stereocenters. The van der Waals surface area contributed by atoms with Gasteiger partial charge >= 0.3 is 0 Å². The second-order valence-corrected chi connectivity index (χ2v) is 5.14. The van der Waals surface area contributed by atoms with Gasteiger partial charge in [-0.05, 0) is 39.7 Å². The fourth-order valence-electron chi connectivity index (χ4n) is 1.85. The molecule has 0 bridgehead atoms. The summed E-state index contributed by atoms with van der Waals surface area (Å²) < 4.78 is 26.5. The summed E-state index contributed by atoms with van der Waals surface area (Å²) in [6.07, 6.45) is 0.378. The van der Waals surface area contributed by atoms with Crippen LogP contribution in [0.1, 0.15) is 6.42 Å². The Balaban J connectivity index is 2.32. The molecule has 1 fully saturated rings.